The first-order valence-corrected chi connectivity index (χ1v) is 9.08. The first-order chi connectivity index (χ1) is 9.48. The molecule has 4 nitrogen and oxygen atoms in total. The molecule has 1 unspecified atom stereocenters. The maximum atomic E-state index is 11.2. The van der Waals surface area contributed by atoms with Gasteiger partial charge in [-0.3, -0.25) is 0 Å². The second kappa shape index (κ2) is 8.27. The summed E-state index contributed by atoms with van der Waals surface area (Å²) < 4.78 is 27.9. The van der Waals surface area contributed by atoms with Gasteiger partial charge in [-0.15, -0.1) is 0 Å². The van der Waals surface area contributed by atoms with Crippen molar-refractivity contribution in [3.63, 3.8) is 0 Å². The van der Waals surface area contributed by atoms with E-state index in [-0.39, 0.29) is 11.8 Å². The van der Waals surface area contributed by atoms with Crippen LogP contribution in [0.15, 0.2) is 24.3 Å². The molecule has 1 rings (SSSR count). The van der Waals surface area contributed by atoms with Crippen LogP contribution in [-0.4, -0.2) is 34.1 Å². The van der Waals surface area contributed by atoms with Crippen LogP contribution in [0.25, 0.3) is 0 Å². The Morgan fingerprint density at radius 2 is 2.00 bits per heavy atom. The summed E-state index contributed by atoms with van der Waals surface area (Å²) in [6, 6.07) is 8.03. The van der Waals surface area contributed by atoms with E-state index in [0.29, 0.717) is 6.42 Å². The van der Waals surface area contributed by atoms with E-state index in [0.717, 1.165) is 30.7 Å². The normalized spacial score (nSPS) is 13.2. The Kier molecular flexibility index (Phi) is 7.02. The van der Waals surface area contributed by atoms with Crippen LogP contribution in [0.2, 0.25) is 0 Å². The molecule has 0 aliphatic carbocycles. The third kappa shape index (κ3) is 5.92. The van der Waals surface area contributed by atoms with Gasteiger partial charge in [-0.1, -0.05) is 25.1 Å². The highest BCUT2D eigenvalue weighted by Gasteiger charge is 2.15. The quantitative estimate of drug-likeness (QED) is 0.761. The Labute approximate surface area is 122 Å². The fraction of sp³-hybridized carbons (Fsp3) is 0.600. The molecule has 0 bridgehead atoms. The number of methoxy groups -OCH3 is 1. The highest BCUT2D eigenvalue weighted by molar-refractivity contribution is 7.90. The summed E-state index contributed by atoms with van der Waals surface area (Å²) in [7, 11) is -1.24. The molecule has 0 saturated carbocycles. The second-order valence-corrected chi connectivity index (χ2v) is 7.28. The average Bonchev–Trinajstić information content (AvgIpc) is 2.41. The summed E-state index contributed by atoms with van der Waals surface area (Å²) in [6.45, 7) is 3.02. The second-order valence-electron chi connectivity index (χ2n) is 5.02. The maximum absolute atomic E-state index is 11.2. The zero-order valence-electron chi connectivity index (χ0n) is 12.6. The molecule has 0 aliphatic heterocycles. The lowest BCUT2D eigenvalue weighted by molar-refractivity contribution is 0.394. The molecule has 1 aromatic rings. The molecule has 0 aromatic heterocycles. The minimum absolute atomic E-state index is 0.132. The fourth-order valence-corrected chi connectivity index (χ4v) is 2.88. The first-order valence-electron chi connectivity index (χ1n) is 7.02. The molecule has 0 aliphatic rings. The minimum atomic E-state index is -2.90. The van der Waals surface area contributed by atoms with Crippen LogP contribution in [0.5, 0.6) is 5.75 Å². The van der Waals surface area contributed by atoms with Crippen molar-refractivity contribution in [2.45, 2.75) is 32.2 Å². The van der Waals surface area contributed by atoms with Gasteiger partial charge < -0.3 is 10.1 Å². The average molecular weight is 299 g/mol. The fourth-order valence-electron chi connectivity index (χ4n) is 2.19. The minimum Gasteiger partial charge on any atom is -0.496 e. The zero-order chi connectivity index (χ0) is 15.0. The van der Waals surface area contributed by atoms with Crippen molar-refractivity contribution >= 4 is 9.84 Å². The van der Waals surface area contributed by atoms with Crippen molar-refractivity contribution < 1.29 is 13.2 Å². The Hall–Kier alpha value is -1.07. The summed E-state index contributed by atoms with van der Waals surface area (Å²) in [5.41, 5.74) is 1.09. The zero-order valence-corrected chi connectivity index (χ0v) is 13.4. The molecule has 1 atom stereocenters. The lowest BCUT2D eigenvalue weighted by atomic mass is 10.0. The van der Waals surface area contributed by atoms with Gasteiger partial charge in [-0.05, 0) is 31.9 Å². The van der Waals surface area contributed by atoms with E-state index in [1.807, 2.05) is 24.3 Å². The Balaban J connectivity index is 2.77. The van der Waals surface area contributed by atoms with E-state index >= 15 is 0 Å². The van der Waals surface area contributed by atoms with Crippen LogP contribution in [0.4, 0.5) is 0 Å². The van der Waals surface area contributed by atoms with Crippen LogP contribution in [0.1, 0.15) is 37.8 Å². The molecular weight excluding hydrogens is 274 g/mol. The number of ether oxygens (including phenoxy) is 1. The van der Waals surface area contributed by atoms with E-state index in [1.54, 1.807) is 7.11 Å². The smallest absolute Gasteiger partial charge is 0.147 e. The Morgan fingerprint density at radius 3 is 2.60 bits per heavy atom. The van der Waals surface area contributed by atoms with Gasteiger partial charge in [0, 0.05) is 23.6 Å². The predicted molar refractivity (Wildman–Crippen MR) is 83.0 cm³/mol. The summed E-state index contributed by atoms with van der Waals surface area (Å²) in [6.07, 6.45) is 3.76. The van der Waals surface area contributed by atoms with Crippen molar-refractivity contribution in [3.8, 4) is 5.75 Å². The van der Waals surface area contributed by atoms with Crippen molar-refractivity contribution in [3.05, 3.63) is 29.8 Å². The lowest BCUT2D eigenvalue weighted by Gasteiger charge is -2.21. The van der Waals surface area contributed by atoms with E-state index in [2.05, 4.69) is 12.2 Å². The van der Waals surface area contributed by atoms with Crippen LogP contribution in [-0.2, 0) is 9.84 Å². The highest BCUT2D eigenvalue weighted by atomic mass is 32.2. The molecule has 1 N–H and O–H groups in total. The first kappa shape index (κ1) is 17.0. The highest BCUT2D eigenvalue weighted by Crippen LogP contribution is 2.28. The standard InChI is InChI=1S/C15H25NO3S/c1-4-11-16-14(9-7-12-20(3,17)18)13-8-5-6-10-15(13)19-2/h5-6,8,10,14,16H,4,7,9,11-12H2,1-3H3. The van der Waals surface area contributed by atoms with Gasteiger partial charge in [0.1, 0.15) is 15.6 Å². The van der Waals surface area contributed by atoms with Crippen LogP contribution in [0, 0.1) is 0 Å². The summed E-state index contributed by atoms with van der Waals surface area (Å²) >= 11 is 0. The topological polar surface area (TPSA) is 55.4 Å². The molecule has 0 saturated heterocycles. The maximum Gasteiger partial charge on any atom is 0.147 e. The summed E-state index contributed by atoms with van der Waals surface area (Å²) in [4.78, 5) is 0. The van der Waals surface area contributed by atoms with Crippen molar-refractivity contribution in [1.82, 2.24) is 5.32 Å². The molecule has 1 aromatic carbocycles. The van der Waals surface area contributed by atoms with E-state index in [4.69, 9.17) is 4.74 Å². The summed E-state index contributed by atoms with van der Waals surface area (Å²) in [5.74, 6) is 1.08. The molecule has 20 heavy (non-hydrogen) atoms. The SMILES string of the molecule is CCCNC(CCCS(C)(=O)=O)c1ccccc1OC. The molecule has 0 radical (unpaired) electrons. The molecule has 5 heteroatoms. The largest absolute Gasteiger partial charge is 0.496 e. The summed E-state index contributed by atoms with van der Waals surface area (Å²) in [5, 5.41) is 3.47. The van der Waals surface area contributed by atoms with Gasteiger partial charge in [0.05, 0.1) is 7.11 Å². The molecule has 114 valence electrons. The number of benzene rings is 1. The molecule has 0 heterocycles. The molecular formula is C15H25NO3S. The van der Waals surface area contributed by atoms with E-state index < -0.39 is 9.84 Å². The van der Waals surface area contributed by atoms with Gasteiger partial charge in [-0.25, -0.2) is 8.42 Å². The Morgan fingerprint density at radius 1 is 1.30 bits per heavy atom. The number of hydrogen-bond acceptors (Lipinski definition) is 4. The van der Waals surface area contributed by atoms with Crippen molar-refractivity contribution in [1.29, 1.82) is 0 Å². The van der Waals surface area contributed by atoms with Crippen LogP contribution < -0.4 is 10.1 Å². The Bertz CT molecular complexity index is 500. The van der Waals surface area contributed by atoms with Gasteiger partial charge in [0.15, 0.2) is 0 Å². The predicted octanol–water partition coefficient (Wildman–Crippen LogP) is 2.56. The van der Waals surface area contributed by atoms with Crippen molar-refractivity contribution in [2.24, 2.45) is 0 Å². The van der Waals surface area contributed by atoms with E-state index in [9.17, 15) is 8.42 Å². The number of sulfone groups is 1. The van der Waals surface area contributed by atoms with Crippen LogP contribution >= 0.6 is 0 Å². The van der Waals surface area contributed by atoms with Crippen molar-refractivity contribution in [2.75, 3.05) is 25.7 Å². The number of nitrogens with one attached hydrogen (secondary N) is 1. The third-order valence-corrected chi connectivity index (χ3v) is 4.19. The number of rotatable bonds is 9. The van der Waals surface area contributed by atoms with Gasteiger partial charge in [0.25, 0.3) is 0 Å². The van der Waals surface area contributed by atoms with Gasteiger partial charge in [-0.2, -0.15) is 0 Å². The number of hydrogen-bond donors (Lipinski definition) is 1. The lowest BCUT2D eigenvalue weighted by Crippen LogP contribution is -2.23. The number of para-hydroxylation sites is 1. The molecule has 0 fully saturated rings. The molecule has 0 spiro atoms. The monoisotopic (exact) mass is 299 g/mol. The van der Waals surface area contributed by atoms with Crippen LogP contribution in [0.3, 0.4) is 0 Å². The van der Waals surface area contributed by atoms with E-state index in [1.165, 1.54) is 6.26 Å². The van der Waals surface area contributed by atoms with Gasteiger partial charge >= 0.3 is 0 Å². The molecule has 0 amide bonds. The third-order valence-electron chi connectivity index (χ3n) is 3.16. The van der Waals surface area contributed by atoms with Gasteiger partial charge in [0.2, 0.25) is 0 Å².